The molecule has 0 fully saturated rings. The van der Waals surface area contributed by atoms with Crippen LogP contribution in [0.5, 0.6) is 5.75 Å². The number of rotatable bonds is 5. The van der Waals surface area contributed by atoms with Crippen molar-refractivity contribution in [3.63, 3.8) is 0 Å². The van der Waals surface area contributed by atoms with Crippen LogP contribution < -0.4 is 10.1 Å². The molecule has 1 atom stereocenters. The fourth-order valence-electron chi connectivity index (χ4n) is 1.29. The van der Waals surface area contributed by atoms with Crippen molar-refractivity contribution in [1.82, 2.24) is 5.32 Å². The average Bonchev–Trinajstić information content (AvgIpc) is 2.24. The third-order valence-electron chi connectivity index (χ3n) is 2.26. The zero-order chi connectivity index (χ0) is 12.0. The van der Waals surface area contributed by atoms with E-state index >= 15 is 0 Å². The third-order valence-corrected chi connectivity index (χ3v) is 2.26. The summed E-state index contributed by atoms with van der Waals surface area (Å²) in [6, 6.07) is 9.96. The number of benzene rings is 1. The van der Waals surface area contributed by atoms with Crippen LogP contribution in [-0.2, 0) is 0 Å². The summed E-state index contributed by atoms with van der Waals surface area (Å²) in [6.45, 7) is 10.5. The molecule has 1 unspecified atom stereocenters. The summed E-state index contributed by atoms with van der Waals surface area (Å²) < 4.78 is 5.69. The van der Waals surface area contributed by atoms with Crippen LogP contribution in [0.2, 0.25) is 0 Å². The van der Waals surface area contributed by atoms with Crippen LogP contribution in [0, 0.1) is 5.92 Å². The first-order valence-corrected chi connectivity index (χ1v) is 5.90. The second kappa shape index (κ2) is 5.90. The molecule has 0 aromatic heterocycles. The maximum absolute atomic E-state index is 5.69. The minimum Gasteiger partial charge on any atom is -0.493 e. The quantitative estimate of drug-likeness (QED) is 0.825. The largest absolute Gasteiger partial charge is 0.493 e. The van der Waals surface area contributed by atoms with Crippen molar-refractivity contribution in [1.29, 1.82) is 0 Å². The van der Waals surface area contributed by atoms with E-state index in [0.717, 1.165) is 18.9 Å². The zero-order valence-corrected chi connectivity index (χ0v) is 10.8. The van der Waals surface area contributed by atoms with Crippen molar-refractivity contribution < 1.29 is 4.74 Å². The van der Waals surface area contributed by atoms with E-state index in [1.165, 1.54) is 0 Å². The lowest BCUT2D eigenvalue weighted by molar-refractivity contribution is 0.244. The normalized spacial score (nSPS) is 13.5. The smallest absolute Gasteiger partial charge is 0.119 e. The van der Waals surface area contributed by atoms with Gasteiger partial charge in [-0.3, -0.25) is 0 Å². The van der Waals surface area contributed by atoms with Crippen LogP contribution in [-0.4, -0.2) is 18.7 Å². The number of nitrogens with one attached hydrogen (secondary N) is 1. The molecule has 1 rings (SSSR count). The van der Waals surface area contributed by atoms with Crippen LogP contribution in [0.4, 0.5) is 0 Å². The van der Waals surface area contributed by atoms with Crippen molar-refractivity contribution in [3.05, 3.63) is 30.3 Å². The lowest BCUT2D eigenvalue weighted by Gasteiger charge is -2.23. The van der Waals surface area contributed by atoms with Gasteiger partial charge in [-0.15, -0.1) is 0 Å². The average molecular weight is 221 g/mol. The number of hydrogen-bond donors (Lipinski definition) is 1. The molecular weight excluding hydrogens is 198 g/mol. The van der Waals surface area contributed by atoms with Crippen molar-refractivity contribution in [3.8, 4) is 5.75 Å². The molecule has 0 aliphatic heterocycles. The standard InChI is InChI=1S/C14H23NO/c1-12(10-15-14(2,3)4)11-16-13-8-6-5-7-9-13/h5-9,12,15H,10-11H2,1-4H3. The van der Waals surface area contributed by atoms with Crippen molar-refractivity contribution in [2.75, 3.05) is 13.2 Å². The minimum atomic E-state index is 0.182. The molecule has 0 spiro atoms. The zero-order valence-electron chi connectivity index (χ0n) is 10.8. The fourth-order valence-corrected chi connectivity index (χ4v) is 1.29. The third kappa shape index (κ3) is 5.76. The van der Waals surface area contributed by atoms with Gasteiger partial charge in [0.15, 0.2) is 0 Å². The lowest BCUT2D eigenvalue weighted by atomic mass is 10.1. The van der Waals surface area contributed by atoms with E-state index in [4.69, 9.17) is 4.74 Å². The maximum Gasteiger partial charge on any atom is 0.119 e. The van der Waals surface area contributed by atoms with Gasteiger partial charge in [0.05, 0.1) is 6.61 Å². The number of ether oxygens (including phenoxy) is 1. The molecule has 0 radical (unpaired) electrons. The van der Waals surface area contributed by atoms with Gasteiger partial charge in [0.1, 0.15) is 5.75 Å². The van der Waals surface area contributed by atoms with Gasteiger partial charge in [0.2, 0.25) is 0 Å². The Bertz CT molecular complexity index is 289. The summed E-state index contributed by atoms with van der Waals surface area (Å²) in [6.07, 6.45) is 0. The van der Waals surface area contributed by atoms with Crippen LogP contribution in [0.3, 0.4) is 0 Å². The summed E-state index contributed by atoms with van der Waals surface area (Å²) in [5.41, 5.74) is 0.182. The molecule has 1 aromatic carbocycles. The van der Waals surface area contributed by atoms with Crippen LogP contribution >= 0.6 is 0 Å². The first kappa shape index (κ1) is 13.0. The Morgan fingerprint density at radius 2 is 1.81 bits per heavy atom. The van der Waals surface area contributed by atoms with E-state index in [1.807, 2.05) is 30.3 Å². The molecule has 0 saturated carbocycles. The molecule has 90 valence electrons. The van der Waals surface area contributed by atoms with Gasteiger partial charge in [0.25, 0.3) is 0 Å². The summed E-state index contributed by atoms with van der Waals surface area (Å²) in [5, 5.41) is 3.48. The molecule has 0 saturated heterocycles. The Morgan fingerprint density at radius 3 is 2.38 bits per heavy atom. The topological polar surface area (TPSA) is 21.3 Å². The molecule has 1 aromatic rings. The minimum absolute atomic E-state index is 0.182. The van der Waals surface area contributed by atoms with E-state index in [9.17, 15) is 0 Å². The molecule has 0 amide bonds. The Kier molecular flexibility index (Phi) is 4.81. The van der Waals surface area contributed by atoms with E-state index in [2.05, 4.69) is 33.0 Å². The Morgan fingerprint density at radius 1 is 1.19 bits per heavy atom. The Hall–Kier alpha value is -1.02. The molecule has 1 N–H and O–H groups in total. The number of hydrogen-bond acceptors (Lipinski definition) is 2. The second-order valence-electron chi connectivity index (χ2n) is 5.36. The van der Waals surface area contributed by atoms with Gasteiger partial charge in [-0.1, -0.05) is 25.1 Å². The molecule has 0 aliphatic carbocycles. The fraction of sp³-hybridized carbons (Fsp3) is 0.571. The van der Waals surface area contributed by atoms with Crippen molar-refractivity contribution in [2.24, 2.45) is 5.92 Å². The first-order valence-electron chi connectivity index (χ1n) is 5.90. The lowest BCUT2D eigenvalue weighted by Crippen LogP contribution is -2.39. The highest BCUT2D eigenvalue weighted by atomic mass is 16.5. The van der Waals surface area contributed by atoms with Crippen molar-refractivity contribution in [2.45, 2.75) is 33.2 Å². The number of para-hydroxylation sites is 1. The van der Waals surface area contributed by atoms with Gasteiger partial charge in [-0.2, -0.15) is 0 Å². The summed E-state index contributed by atoms with van der Waals surface area (Å²) in [7, 11) is 0. The summed E-state index contributed by atoms with van der Waals surface area (Å²) in [4.78, 5) is 0. The highest BCUT2D eigenvalue weighted by Crippen LogP contribution is 2.10. The second-order valence-corrected chi connectivity index (χ2v) is 5.36. The van der Waals surface area contributed by atoms with Gasteiger partial charge in [-0.05, 0) is 32.9 Å². The van der Waals surface area contributed by atoms with Crippen molar-refractivity contribution >= 4 is 0 Å². The van der Waals surface area contributed by atoms with Gasteiger partial charge >= 0.3 is 0 Å². The predicted molar refractivity (Wildman–Crippen MR) is 68.9 cm³/mol. The molecule has 0 heterocycles. The van der Waals surface area contributed by atoms with E-state index in [-0.39, 0.29) is 5.54 Å². The van der Waals surface area contributed by atoms with Gasteiger partial charge < -0.3 is 10.1 Å². The highest BCUT2D eigenvalue weighted by Gasteiger charge is 2.11. The Balaban J connectivity index is 2.23. The molecular formula is C14H23NO. The molecule has 16 heavy (non-hydrogen) atoms. The first-order chi connectivity index (χ1) is 7.47. The van der Waals surface area contributed by atoms with E-state index in [1.54, 1.807) is 0 Å². The SMILES string of the molecule is CC(CNC(C)(C)C)COc1ccccc1. The predicted octanol–water partition coefficient (Wildman–Crippen LogP) is 3.09. The van der Waals surface area contributed by atoms with Crippen LogP contribution in [0.25, 0.3) is 0 Å². The Labute approximate surface area is 99.0 Å². The molecule has 2 nitrogen and oxygen atoms in total. The molecule has 0 aliphatic rings. The van der Waals surface area contributed by atoms with Crippen LogP contribution in [0.1, 0.15) is 27.7 Å². The molecule has 2 heteroatoms. The van der Waals surface area contributed by atoms with E-state index in [0.29, 0.717) is 5.92 Å². The monoisotopic (exact) mass is 221 g/mol. The summed E-state index contributed by atoms with van der Waals surface area (Å²) >= 11 is 0. The van der Waals surface area contributed by atoms with E-state index < -0.39 is 0 Å². The molecule has 0 bridgehead atoms. The van der Waals surface area contributed by atoms with Gasteiger partial charge in [0, 0.05) is 18.0 Å². The summed E-state index contributed by atoms with van der Waals surface area (Å²) in [5.74, 6) is 1.46. The maximum atomic E-state index is 5.69. The van der Waals surface area contributed by atoms with Gasteiger partial charge in [-0.25, -0.2) is 0 Å². The highest BCUT2D eigenvalue weighted by molar-refractivity contribution is 5.20. The van der Waals surface area contributed by atoms with Crippen LogP contribution in [0.15, 0.2) is 30.3 Å².